The minimum atomic E-state index is -0.110. The highest BCUT2D eigenvalue weighted by Crippen LogP contribution is 2.24. The molecular formula is C10H8ClN3S. The van der Waals surface area contributed by atoms with Crippen LogP contribution < -0.4 is 0 Å². The van der Waals surface area contributed by atoms with E-state index in [4.69, 9.17) is 16.9 Å². The molecule has 2 aromatic rings. The number of rotatable bonds is 2. The Balaban J connectivity index is 2.35. The molecule has 1 atom stereocenters. The predicted octanol–water partition coefficient (Wildman–Crippen LogP) is 3.22. The lowest BCUT2D eigenvalue weighted by Gasteiger charge is -1.95. The van der Waals surface area contributed by atoms with Gasteiger partial charge in [-0.05, 0) is 25.1 Å². The van der Waals surface area contributed by atoms with Crippen molar-refractivity contribution in [3.05, 3.63) is 23.2 Å². The minimum Gasteiger partial charge on any atom is -0.333 e. The van der Waals surface area contributed by atoms with Gasteiger partial charge in [0.05, 0.1) is 22.4 Å². The summed E-state index contributed by atoms with van der Waals surface area (Å²) in [6, 6.07) is 7.63. The Hall–Kier alpha value is -1.18. The summed E-state index contributed by atoms with van der Waals surface area (Å²) in [4.78, 5) is 7.46. The van der Waals surface area contributed by atoms with Gasteiger partial charge in [0.25, 0.3) is 0 Å². The highest BCUT2D eigenvalue weighted by atomic mass is 35.5. The van der Waals surface area contributed by atoms with E-state index in [9.17, 15) is 0 Å². The molecule has 1 aromatic heterocycles. The minimum absolute atomic E-state index is 0.110. The molecule has 0 bridgehead atoms. The van der Waals surface area contributed by atoms with E-state index >= 15 is 0 Å². The first-order valence-electron chi connectivity index (χ1n) is 4.40. The predicted molar refractivity (Wildman–Crippen MR) is 62.0 cm³/mol. The molecule has 1 unspecified atom stereocenters. The van der Waals surface area contributed by atoms with Crippen LogP contribution in [0.3, 0.4) is 0 Å². The summed E-state index contributed by atoms with van der Waals surface area (Å²) in [7, 11) is 0. The fourth-order valence-corrected chi connectivity index (χ4v) is 2.09. The summed E-state index contributed by atoms with van der Waals surface area (Å²) in [6.45, 7) is 1.84. The second-order valence-electron chi connectivity index (χ2n) is 3.09. The molecule has 1 aromatic carbocycles. The van der Waals surface area contributed by atoms with Crippen LogP contribution >= 0.6 is 23.4 Å². The van der Waals surface area contributed by atoms with E-state index in [-0.39, 0.29) is 5.25 Å². The van der Waals surface area contributed by atoms with Crippen molar-refractivity contribution in [1.82, 2.24) is 9.97 Å². The number of nitrogens with one attached hydrogen (secondary N) is 1. The summed E-state index contributed by atoms with van der Waals surface area (Å²) in [5.41, 5.74) is 1.77. The quantitative estimate of drug-likeness (QED) is 0.816. The SMILES string of the molecule is CC(C#N)Sc1nc2ccc(Cl)cc2[nH]1. The zero-order valence-electron chi connectivity index (χ0n) is 7.99. The summed E-state index contributed by atoms with van der Waals surface area (Å²) in [5.74, 6) is 0. The lowest BCUT2D eigenvalue weighted by molar-refractivity contribution is 1.07. The first kappa shape index (κ1) is 10.3. The molecule has 2 rings (SSSR count). The number of hydrogen-bond acceptors (Lipinski definition) is 3. The van der Waals surface area contributed by atoms with Gasteiger partial charge >= 0.3 is 0 Å². The molecule has 0 spiro atoms. The van der Waals surface area contributed by atoms with Crippen molar-refractivity contribution < 1.29 is 0 Å². The summed E-state index contributed by atoms with van der Waals surface area (Å²) >= 11 is 7.26. The fraction of sp³-hybridized carbons (Fsp3) is 0.200. The topological polar surface area (TPSA) is 52.5 Å². The van der Waals surface area contributed by atoms with Gasteiger partial charge in [0, 0.05) is 5.02 Å². The normalized spacial score (nSPS) is 12.6. The van der Waals surface area contributed by atoms with Gasteiger partial charge in [-0.3, -0.25) is 0 Å². The molecule has 0 aliphatic rings. The lowest BCUT2D eigenvalue weighted by atomic mass is 10.3. The van der Waals surface area contributed by atoms with Crippen molar-refractivity contribution in [3.63, 3.8) is 0 Å². The number of nitriles is 1. The Morgan fingerprint density at radius 1 is 1.60 bits per heavy atom. The Bertz CT molecular complexity index is 529. The van der Waals surface area contributed by atoms with Crippen LogP contribution in [0.2, 0.25) is 5.02 Å². The fourth-order valence-electron chi connectivity index (χ4n) is 1.21. The lowest BCUT2D eigenvalue weighted by Crippen LogP contribution is -1.89. The van der Waals surface area contributed by atoms with Crippen molar-refractivity contribution in [2.45, 2.75) is 17.3 Å². The molecule has 3 nitrogen and oxygen atoms in total. The van der Waals surface area contributed by atoms with Crippen molar-refractivity contribution >= 4 is 34.4 Å². The van der Waals surface area contributed by atoms with Crippen molar-refractivity contribution in [2.75, 3.05) is 0 Å². The third kappa shape index (κ3) is 2.25. The van der Waals surface area contributed by atoms with E-state index in [0.717, 1.165) is 16.2 Å². The van der Waals surface area contributed by atoms with Crippen molar-refractivity contribution in [1.29, 1.82) is 5.26 Å². The average Bonchev–Trinajstić information content (AvgIpc) is 2.59. The smallest absolute Gasteiger partial charge is 0.167 e. The molecule has 1 N–H and O–H groups in total. The van der Waals surface area contributed by atoms with Crippen molar-refractivity contribution in [2.24, 2.45) is 0 Å². The largest absolute Gasteiger partial charge is 0.333 e. The molecule has 0 saturated heterocycles. The summed E-state index contributed by atoms with van der Waals surface area (Å²) in [5, 5.41) is 10.00. The van der Waals surface area contributed by atoms with E-state index < -0.39 is 0 Å². The van der Waals surface area contributed by atoms with Crippen LogP contribution in [-0.4, -0.2) is 15.2 Å². The van der Waals surface area contributed by atoms with Crippen molar-refractivity contribution in [3.8, 4) is 6.07 Å². The van der Waals surface area contributed by atoms with E-state index in [1.165, 1.54) is 11.8 Å². The molecule has 0 aliphatic heterocycles. The number of aromatic amines is 1. The number of aromatic nitrogens is 2. The van der Waals surface area contributed by atoms with E-state index in [2.05, 4.69) is 16.0 Å². The van der Waals surface area contributed by atoms with Crippen LogP contribution in [0, 0.1) is 11.3 Å². The summed E-state index contributed by atoms with van der Waals surface area (Å²) < 4.78 is 0. The third-order valence-corrected chi connectivity index (χ3v) is 3.00. The van der Waals surface area contributed by atoms with Gasteiger partial charge < -0.3 is 4.98 Å². The number of nitrogens with zero attached hydrogens (tertiary/aromatic N) is 2. The van der Waals surface area contributed by atoms with Gasteiger partial charge in [-0.2, -0.15) is 5.26 Å². The van der Waals surface area contributed by atoms with E-state index in [1.54, 1.807) is 6.07 Å². The van der Waals surface area contributed by atoms with Crippen LogP contribution in [-0.2, 0) is 0 Å². The first-order valence-corrected chi connectivity index (χ1v) is 5.66. The van der Waals surface area contributed by atoms with E-state index in [0.29, 0.717) is 5.02 Å². The van der Waals surface area contributed by atoms with Gasteiger partial charge in [-0.15, -0.1) is 0 Å². The van der Waals surface area contributed by atoms with E-state index in [1.807, 2.05) is 19.1 Å². The highest BCUT2D eigenvalue weighted by molar-refractivity contribution is 8.00. The van der Waals surface area contributed by atoms with Gasteiger partial charge in [0.2, 0.25) is 0 Å². The molecule has 15 heavy (non-hydrogen) atoms. The maximum atomic E-state index is 8.68. The number of hydrogen-bond donors (Lipinski definition) is 1. The maximum absolute atomic E-state index is 8.68. The maximum Gasteiger partial charge on any atom is 0.167 e. The zero-order valence-corrected chi connectivity index (χ0v) is 9.56. The molecular weight excluding hydrogens is 230 g/mol. The Labute approximate surface area is 96.5 Å². The van der Waals surface area contributed by atoms with Gasteiger partial charge in [0.1, 0.15) is 0 Å². The summed E-state index contributed by atoms with van der Waals surface area (Å²) in [6.07, 6.45) is 0. The van der Waals surface area contributed by atoms with Crippen LogP contribution in [0.1, 0.15) is 6.92 Å². The van der Waals surface area contributed by atoms with Gasteiger partial charge in [-0.25, -0.2) is 4.98 Å². The second-order valence-corrected chi connectivity index (χ2v) is 4.86. The number of fused-ring (bicyclic) bond motifs is 1. The average molecular weight is 238 g/mol. The second kappa shape index (κ2) is 4.13. The van der Waals surface area contributed by atoms with Crippen LogP contribution in [0.15, 0.2) is 23.4 Å². The highest BCUT2D eigenvalue weighted by Gasteiger charge is 2.07. The molecule has 76 valence electrons. The number of H-pyrrole nitrogens is 1. The number of thioether (sulfide) groups is 1. The number of halogens is 1. The van der Waals surface area contributed by atoms with Crippen LogP contribution in [0.5, 0.6) is 0 Å². The molecule has 1 heterocycles. The third-order valence-electron chi connectivity index (χ3n) is 1.89. The molecule has 0 fully saturated rings. The van der Waals surface area contributed by atoms with Crippen LogP contribution in [0.4, 0.5) is 0 Å². The molecule has 0 amide bonds. The van der Waals surface area contributed by atoms with Gasteiger partial charge in [0.15, 0.2) is 5.16 Å². The Morgan fingerprint density at radius 3 is 3.13 bits per heavy atom. The Morgan fingerprint density at radius 2 is 2.40 bits per heavy atom. The zero-order chi connectivity index (χ0) is 10.8. The molecule has 0 aliphatic carbocycles. The monoisotopic (exact) mass is 237 g/mol. The first-order chi connectivity index (χ1) is 7.19. The van der Waals surface area contributed by atoms with Crippen LogP contribution in [0.25, 0.3) is 11.0 Å². The number of benzene rings is 1. The molecule has 5 heteroatoms. The number of imidazole rings is 1. The molecule has 0 saturated carbocycles. The Kier molecular flexibility index (Phi) is 2.85. The standard InChI is InChI=1S/C10H8ClN3S/c1-6(5-12)15-10-13-8-3-2-7(11)4-9(8)14-10/h2-4,6H,1H3,(H,13,14). The molecule has 0 radical (unpaired) electrons. The van der Waals surface area contributed by atoms with Gasteiger partial charge in [-0.1, -0.05) is 23.4 Å².